The average Bonchev–Trinajstić information content (AvgIpc) is 2.37. The Morgan fingerprint density at radius 1 is 1.39 bits per heavy atom. The van der Waals surface area contributed by atoms with Crippen LogP contribution in [0.5, 0.6) is 0 Å². The molecular formula is C12H14BrNO4. The molecule has 0 spiro atoms. The van der Waals surface area contributed by atoms with E-state index in [0.717, 1.165) is 10.0 Å². The van der Waals surface area contributed by atoms with Crippen molar-refractivity contribution >= 4 is 27.8 Å². The molecule has 1 unspecified atom stereocenters. The van der Waals surface area contributed by atoms with E-state index >= 15 is 0 Å². The Kier molecular flexibility index (Phi) is 5.80. The molecule has 1 amide bonds. The van der Waals surface area contributed by atoms with Crippen LogP contribution >= 0.6 is 15.9 Å². The maximum atomic E-state index is 11.5. The van der Waals surface area contributed by atoms with Crippen molar-refractivity contribution in [2.75, 3.05) is 13.7 Å². The van der Waals surface area contributed by atoms with Crippen LogP contribution in [0.3, 0.4) is 0 Å². The Balaban J connectivity index is 2.38. The van der Waals surface area contributed by atoms with Gasteiger partial charge in [0.25, 0.3) is 0 Å². The summed E-state index contributed by atoms with van der Waals surface area (Å²) < 4.78 is 5.27. The van der Waals surface area contributed by atoms with Crippen LogP contribution in [-0.4, -0.2) is 36.7 Å². The number of carbonyl (C=O) groups is 2. The smallest absolute Gasteiger partial charge is 0.336 e. The lowest BCUT2D eigenvalue weighted by Gasteiger charge is -2.09. The minimum Gasteiger partial charge on any atom is -0.467 e. The number of hydrogen-bond donors (Lipinski definition) is 2. The van der Waals surface area contributed by atoms with Crippen LogP contribution in [0.1, 0.15) is 5.56 Å². The second-order valence-corrected chi connectivity index (χ2v) is 4.56. The van der Waals surface area contributed by atoms with Gasteiger partial charge >= 0.3 is 5.97 Å². The van der Waals surface area contributed by atoms with Crippen LogP contribution in [-0.2, 0) is 20.7 Å². The van der Waals surface area contributed by atoms with E-state index in [1.54, 1.807) is 0 Å². The van der Waals surface area contributed by atoms with Gasteiger partial charge in [0.2, 0.25) is 5.91 Å². The van der Waals surface area contributed by atoms with E-state index in [9.17, 15) is 14.7 Å². The van der Waals surface area contributed by atoms with Crippen molar-refractivity contribution in [2.24, 2.45) is 0 Å². The number of halogens is 1. The fraction of sp³-hybridized carbons (Fsp3) is 0.333. The average molecular weight is 316 g/mol. The predicted octanol–water partition coefficient (Wildman–Crippen LogP) is 0.642. The van der Waals surface area contributed by atoms with Gasteiger partial charge in [-0.2, -0.15) is 0 Å². The van der Waals surface area contributed by atoms with Gasteiger partial charge in [-0.25, -0.2) is 4.79 Å². The fourth-order valence-electron chi connectivity index (χ4n) is 1.28. The Morgan fingerprint density at radius 3 is 2.56 bits per heavy atom. The number of esters is 1. The maximum absolute atomic E-state index is 11.5. The van der Waals surface area contributed by atoms with Crippen molar-refractivity contribution in [3.05, 3.63) is 34.3 Å². The number of aliphatic hydroxyl groups is 1. The highest BCUT2D eigenvalue weighted by atomic mass is 79.9. The van der Waals surface area contributed by atoms with Crippen molar-refractivity contribution in [3.63, 3.8) is 0 Å². The highest BCUT2D eigenvalue weighted by Crippen LogP contribution is 2.10. The van der Waals surface area contributed by atoms with Gasteiger partial charge in [-0.05, 0) is 17.7 Å². The number of methoxy groups -OCH3 is 1. The van der Waals surface area contributed by atoms with Gasteiger partial charge < -0.3 is 15.2 Å². The normalized spacial score (nSPS) is 11.7. The zero-order chi connectivity index (χ0) is 13.5. The Morgan fingerprint density at radius 2 is 2.00 bits per heavy atom. The second kappa shape index (κ2) is 7.13. The zero-order valence-electron chi connectivity index (χ0n) is 9.85. The molecule has 1 atom stereocenters. The van der Waals surface area contributed by atoms with E-state index < -0.39 is 12.1 Å². The highest BCUT2D eigenvalue weighted by Gasteiger charge is 2.16. The Bertz CT molecular complexity index is 419. The van der Waals surface area contributed by atoms with Crippen molar-refractivity contribution in [2.45, 2.75) is 12.5 Å². The van der Waals surface area contributed by atoms with Crippen molar-refractivity contribution in [3.8, 4) is 0 Å². The molecule has 5 nitrogen and oxygen atoms in total. The summed E-state index contributed by atoms with van der Waals surface area (Å²) >= 11 is 3.30. The van der Waals surface area contributed by atoms with E-state index in [1.807, 2.05) is 24.3 Å². The second-order valence-electron chi connectivity index (χ2n) is 3.65. The fourth-order valence-corrected chi connectivity index (χ4v) is 1.54. The molecule has 0 saturated carbocycles. The number of carbonyl (C=O) groups excluding carboxylic acids is 2. The molecule has 6 heteroatoms. The molecule has 0 aliphatic carbocycles. The van der Waals surface area contributed by atoms with E-state index in [1.165, 1.54) is 7.11 Å². The largest absolute Gasteiger partial charge is 0.467 e. The van der Waals surface area contributed by atoms with E-state index in [-0.39, 0.29) is 18.9 Å². The first-order valence-corrected chi connectivity index (χ1v) is 6.09. The lowest BCUT2D eigenvalue weighted by atomic mass is 10.1. The third kappa shape index (κ3) is 4.85. The molecule has 1 rings (SSSR count). The number of aliphatic hydroxyl groups excluding tert-OH is 1. The summed E-state index contributed by atoms with van der Waals surface area (Å²) in [7, 11) is 1.18. The summed E-state index contributed by atoms with van der Waals surface area (Å²) in [5, 5.41) is 11.7. The molecule has 0 aliphatic heterocycles. The molecule has 0 saturated heterocycles. The van der Waals surface area contributed by atoms with Crippen LogP contribution in [0.25, 0.3) is 0 Å². The highest BCUT2D eigenvalue weighted by molar-refractivity contribution is 9.10. The SMILES string of the molecule is COC(=O)C(O)CNC(=O)Cc1ccc(Br)cc1. The van der Waals surface area contributed by atoms with Crippen LogP contribution in [0.2, 0.25) is 0 Å². The number of amides is 1. The van der Waals surface area contributed by atoms with Crippen LogP contribution < -0.4 is 5.32 Å². The number of rotatable bonds is 5. The van der Waals surface area contributed by atoms with Crippen LogP contribution in [0, 0.1) is 0 Å². The lowest BCUT2D eigenvalue weighted by Crippen LogP contribution is -2.37. The third-order valence-corrected chi connectivity index (χ3v) is 2.77. The van der Waals surface area contributed by atoms with Crippen molar-refractivity contribution in [1.82, 2.24) is 5.32 Å². The molecule has 1 aromatic rings. The molecule has 2 N–H and O–H groups in total. The number of nitrogens with one attached hydrogen (secondary N) is 1. The van der Waals surface area contributed by atoms with Crippen molar-refractivity contribution < 1.29 is 19.4 Å². The van der Waals surface area contributed by atoms with Crippen LogP contribution in [0.15, 0.2) is 28.7 Å². The summed E-state index contributed by atoms with van der Waals surface area (Å²) in [5.74, 6) is -1.03. The van der Waals surface area contributed by atoms with Gasteiger partial charge in [0.05, 0.1) is 20.1 Å². The molecule has 1 aromatic carbocycles. The van der Waals surface area contributed by atoms with E-state index in [0.29, 0.717) is 0 Å². The summed E-state index contributed by atoms with van der Waals surface area (Å²) in [6.07, 6.45) is -1.13. The first-order chi connectivity index (χ1) is 8.52. The quantitative estimate of drug-likeness (QED) is 0.782. The Labute approximate surface area is 113 Å². The Hall–Kier alpha value is -1.40. The van der Waals surface area contributed by atoms with Gasteiger partial charge in [0, 0.05) is 4.47 Å². The predicted molar refractivity (Wildman–Crippen MR) is 68.9 cm³/mol. The maximum Gasteiger partial charge on any atom is 0.336 e. The number of hydrogen-bond acceptors (Lipinski definition) is 4. The third-order valence-electron chi connectivity index (χ3n) is 2.24. The topological polar surface area (TPSA) is 75.6 Å². The number of benzene rings is 1. The van der Waals surface area contributed by atoms with Gasteiger partial charge in [0.15, 0.2) is 6.10 Å². The van der Waals surface area contributed by atoms with Crippen LogP contribution in [0.4, 0.5) is 0 Å². The molecule has 98 valence electrons. The monoisotopic (exact) mass is 315 g/mol. The standard InChI is InChI=1S/C12H14BrNO4/c1-18-12(17)10(15)7-14-11(16)6-8-2-4-9(13)5-3-8/h2-5,10,15H,6-7H2,1H3,(H,14,16). The van der Waals surface area contributed by atoms with Gasteiger partial charge in [-0.1, -0.05) is 28.1 Å². The molecule has 18 heavy (non-hydrogen) atoms. The summed E-state index contributed by atoms with van der Waals surface area (Å²) in [4.78, 5) is 22.4. The van der Waals surface area contributed by atoms with Gasteiger partial charge in [-0.15, -0.1) is 0 Å². The molecule has 0 fully saturated rings. The first-order valence-electron chi connectivity index (χ1n) is 5.30. The summed E-state index contributed by atoms with van der Waals surface area (Å²) in [6.45, 7) is -0.151. The minimum atomic E-state index is -1.33. The summed E-state index contributed by atoms with van der Waals surface area (Å²) in [6, 6.07) is 7.32. The molecule has 0 aromatic heterocycles. The molecular weight excluding hydrogens is 302 g/mol. The molecule has 0 aliphatic rings. The van der Waals surface area contributed by atoms with Gasteiger partial charge in [-0.3, -0.25) is 4.79 Å². The minimum absolute atomic E-state index is 0.151. The number of ether oxygens (including phenoxy) is 1. The molecule has 0 bridgehead atoms. The molecule has 0 radical (unpaired) electrons. The van der Waals surface area contributed by atoms with Crippen molar-refractivity contribution in [1.29, 1.82) is 0 Å². The van der Waals surface area contributed by atoms with Gasteiger partial charge in [0.1, 0.15) is 0 Å². The molecule has 0 heterocycles. The van der Waals surface area contributed by atoms with E-state index in [4.69, 9.17) is 0 Å². The first kappa shape index (κ1) is 14.7. The summed E-state index contributed by atoms with van der Waals surface area (Å²) in [5.41, 5.74) is 0.850. The van der Waals surface area contributed by atoms with E-state index in [2.05, 4.69) is 26.0 Å². The zero-order valence-corrected chi connectivity index (χ0v) is 11.4. The lowest BCUT2D eigenvalue weighted by molar-refractivity contribution is -0.150.